The minimum absolute atomic E-state index is 0. The molecule has 126 valence electrons. The molecule has 5 nitrogen and oxygen atoms in total. The van der Waals surface area contributed by atoms with E-state index < -0.39 is 17.9 Å². The van der Waals surface area contributed by atoms with Crippen molar-refractivity contribution in [3.63, 3.8) is 0 Å². The second-order valence-electron chi connectivity index (χ2n) is 6.06. The van der Waals surface area contributed by atoms with Crippen molar-refractivity contribution in [2.24, 2.45) is 5.92 Å². The van der Waals surface area contributed by atoms with Crippen molar-refractivity contribution in [3.8, 4) is 0 Å². The maximum Gasteiger partial charge on any atom is 0.307 e. The van der Waals surface area contributed by atoms with Crippen molar-refractivity contribution >= 4 is 24.3 Å². The number of carbonyl (C=O) groups is 2. The van der Waals surface area contributed by atoms with Gasteiger partial charge in [-0.1, -0.05) is 12.1 Å². The number of amides is 1. The Morgan fingerprint density at radius 3 is 2.39 bits per heavy atom. The van der Waals surface area contributed by atoms with E-state index >= 15 is 0 Å². The number of likely N-dealkylation sites (tertiary alicyclic amines) is 1. The molecule has 2 atom stereocenters. The molecule has 1 aromatic rings. The largest absolute Gasteiger partial charge is 0.481 e. The quantitative estimate of drug-likeness (QED) is 0.858. The molecule has 1 saturated carbocycles. The minimum Gasteiger partial charge on any atom is -0.481 e. The Labute approximate surface area is 140 Å². The fourth-order valence-electron chi connectivity index (χ4n) is 2.90. The molecule has 2 unspecified atom stereocenters. The Bertz CT molecular complexity index is 577. The third-order valence-electron chi connectivity index (χ3n) is 4.29. The molecule has 1 aliphatic heterocycles. The summed E-state index contributed by atoms with van der Waals surface area (Å²) >= 11 is 0. The predicted molar refractivity (Wildman–Crippen MR) is 84.9 cm³/mol. The van der Waals surface area contributed by atoms with Crippen molar-refractivity contribution in [3.05, 3.63) is 35.6 Å². The summed E-state index contributed by atoms with van der Waals surface area (Å²) in [4.78, 5) is 25.6. The Kier molecular flexibility index (Phi) is 5.59. The summed E-state index contributed by atoms with van der Waals surface area (Å²) in [6, 6.07) is 5.54. The van der Waals surface area contributed by atoms with Gasteiger partial charge in [-0.25, -0.2) is 4.39 Å². The highest BCUT2D eigenvalue weighted by Crippen LogP contribution is 2.30. The fourth-order valence-corrected chi connectivity index (χ4v) is 2.90. The van der Waals surface area contributed by atoms with Crippen LogP contribution in [0.15, 0.2) is 24.3 Å². The van der Waals surface area contributed by atoms with Gasteiger partial charge in [0.2, 0.25) is 5.91 Å². The van der Waals surface area contributed by atoms with Crippen LogP contribution >= 0.6 is 12.4 Å². The Hall–Kier alpha value is -1.66. The van der Waals surface area contributed by atoms with Crippen LogP contribution in [0.2, 0.25) is 0 Å². The Balaban J connectivity index is 0.00000192. The van der Waals surface area contributed by atoms with E-state index in [9.17, 15) is 14.0 Å². The number of hydrogen-bond donors (Lipinski definition) is 2. The summed E-state index contributed by atoms with van der Waals surface area (Å²) in [5.74, 6) is -1.75. The van der Waals surface area contributed by atoms with E-state index in [1.54, 1.807) is 12.1 Å². The minimum atomic E-state index is -0.831. The molecular formula is C16H20ClFN2O3. The molecule has 2 fully saturated rings. The van der Waals surface area contributed by atoms with Crippen molar-refractivity contribution in [1.29, 1.82) is 0 Å². The number of rotatable bonds is 5. The molecule has 0 spiro atoms. The number of benzene rings is 1. The molecule has 1 saturated heterocycles. The van der Waals surface area contributed by atoms with E-state index in [4.69, 9.17) is 5.11 Å². The van der Waals surface area contributed by atoms with E-state index in [0.717, 1.165) is 12.8 Å². The topological polar surface area (TPSA) is 69.6 Å². The first-order valence-corrected chi connectivity index (χ1v) is 7.57. The summed E-state index contributed by atoms with van der Waals surface area (Å²) in [6.07, 6.45) is 2.50. The summed E-state index contributed by atoms with van der Waals surface area (Å²) in [5, 5.41) is 12.1. The lowest BCUT2D eigenvalue weighted by atomic mass is 10.0. The molecule has 2 N–H and O–H groups in total. The number of nitrogens with zero attached hydrogens (tertiary/aromatic N) is 1. The first-order valence-electron chi connectivity index (χ1n) is 7.57. The van der Waals surface area contributed by atoms with Crippen molar-refractivity contribution < 1.29 is 19.1 Å². The van der Waals surface area contributed by atoms with Crippen LogP contribution in [0.4, 0.5) is 4.39 Å². The summed E-state index contributed by atoms with van der Waals surface area (Å²) < 4.78 is 13.1. The molecule has 1 heterocycles. The van der Waals surface area contributed by atoms with Gasteiger partial charge in [-0.05, 0) is 37.0 Å². The van der Waals surface area contributed by atoms with Crippen molar-refractivity contribution in [2.75, 3.05) is 13.1 Å². The molecule has 0 bridgehead atoms. The van der Waals surface area contributed by atoms with Gasteiger partial charge in [0.1, 0.15) is 11.9 Å². The maximum atomic E-state index is 13.1. The van der Waals surface area contributed by atoms with Gasteiger partial charge in [0.05, 0.1) is 5.92 Å². The first-order chi connectivity index (χ1) is 10.5. The van der Waals surface area contributed by atoms with Gasteiger partial charge in [-0.3, -0.25) is 14.5 Å². The van der Waals surface area contributed by atoms with Gasteiger partial charge in [0, 0.05) is 19.1 Å². The molecule has 1 aliphatic carbocycles. The van der Waals surface area contributed by atoms with Gasteiger partial charge >= 0.3 is 5.97 Å². The normalized spacial score (nSPS) is 22.2. The summed E-state index contributed by atoms with van der Waals surface area (Å²) in [7, 11) is 0. The lowest BCUT2D eigenvalue weighted by Gasteiger charge is -2.27. The third kappa shape index (κ3) is 4.20. The lowest BCUT2D eigenvalue weighted by Crippen LogP contribution is -2.40. The molecule has 3 rings (SSSR count). The molecular weight excluding hydrogens is 323 g/mol. The van der Waals surface area contributed by atoms with Gasteiger partial charge in [-0.15, -0.1) is 12.4 Å². The zero-order valence-electron chi connectivity index (χ0n) is 12.6. The van der Waals surface area contributed by atoms with E-state index in [1.165, 1.54) is 12.1 Å². The standard InChI is InChI=1S/C16H19FN2O3.ClH/c17-12-3-1-10(2-4-12)14(15(20)18-13-5-6-13)19-8-7-11(9-19)16(21)22;/h1-4,11,13-14H,5-9H2,(H,18,20)(H,21,22);1H. The first kappa shape index (κ1) is 17.7. The highest BCUT2D eigenvalue weighted by Gasteiger charge is 2.37. The van der Waals surface area contributed by atoms with Crippen LogP contribution in [0.25, 0.3) is 0 Å². The van der Waals surface area contributed by atoms with E-state index in [-0.39, 0.29) is 30.2 Å². The molecule has 23 heavy (non-hydrogen) atoms. The van der Waals surface area contributed by atoms with Crippen LogP contribution in [0.5, 0.6) is 0 Å². The molecule has 1 amide bonds. The average molecular weight is 343 g/mol. The molecule has 0 radical (unpaired) electrons. The van der Waals surface area contributed by atoms with Gasteiger partial charge < -0.3 is 10.4 Å². The number of halogens is 2. The average Bonchev–Trinajstić information content (AvgIpc) is 3.15. The third-order valence-corrected chi connectivity index (χ3v) is 4.29. The highest BCUT2D eigenvalue weighted by molar-refractivity contribution is 5.85. The van der Waals surface area contributed by atoms with Gasteiger partial charge in [0.15, 0.2) is 0 Å². The van der Waals surface area contributed by atoms with Crippen LogP contribution in [0, 0.1) is 11.7 Å². The lowest BCUT2D eigenvalue weighted by molar-refractivity contribution is -0.141. The Morgan fingerprint density at radius 2 is 1.87 bits per heavy atom. The highest BCUT2D eigenvalue weighted by atomic mass is 35.5. The number of aliphatic carboxylic acids is 1. The monoisotopic (exact) mass is 342 g/mol. The fraction of sp³-hybridized carbons (Fsp3) is 0.500. The van der Waals surface area contributed by atoms with Crippen molar-refractivity contribution in [2.45, 2.75) is 31.3 Å². The number of carboxylic acids is 1. The number of nitrogens with one attached hydrogen (secondary N) is 1. The van der Waals surface area contributed by atoms with Crippen molar-refractivity contribution in [1.82, 2.24) is 10.2 Å². The number of carbonyl (C=O) groups excluding carboxylic acids is 1. The zero-order valence-corrected chi connectivity index (χ0v) is 13.4. The Morgan fingerprint density at radius 1 is 1.22 bits per heavy atom. The van der Waals surface area contributed by atoms with Crippen LogP contribution in [0.1, 0.15) is 30.9 Å². The van der Waals surface area contributed by atoms with Crippen LogP contribution < -0.4 is 5.32 Å². The SMILES string of the molecule is Cl.O=C(O)C1CCN(C(C(=O)NC2CC2)c2ccc(F)cc2)C1. The summed E-state index contributed by atoms with van der Waals surface area (Å²) in [5.41, 5.74) is 0.700. The van der Waals surface area contributed by atoms with Gasteiger partial charge in [0.25, 0.3) is 0 Å². The predicted octanol–water partition coefficient (Wildman–Crippen LogP) is 1.97. The van der Waals surface area contributed by atoms with E-state index in [1.807, 2.05) is 4.90 Å². The maximum absolute atomic E-state index is 13.1. The second-order valence-corrected chi connectivity index (χ2v) is 6.06. The zero-order chi connectivity index (χ0) is 15.7. The molecule has 1 aromatic carbocycles. The molecule has 0 aromatic heterocycles. The summed E-state index contributed by atoms with van der Waals surface area (Å²) in [6.45, 7) is 0.895. The van der Waals surface area contributed by atoms with E-state index in [0.29, 0.717) is 25.1 Å². The second kappa shape index (κ2) is 7.27. The van der Waals surface area contributed by atoms with Crippen LogP contribution in [0.3, 0.4) is 0 Å². The van der Waals surface area contributed by atoms with E-state index in [2.05, 4.69) is 5.32 Å². The van der Waals surface area contributed by atoms with Crippen LogP contribution in [-0.4, -0.2) is 41.0 Å². The number of carboxylic acid groups (broad SMARTS) is 1. The smallest absolute Gasteiger partial charge is 0.307 e. The molecule has 2 aliphatic rings. The number of hydrogen-bond acceptors (Lipinski definition) is 3. The van der Waals surface area contributed by atoms with Gasteiger partial charge in [-0.2, -0.15) is 0 Å². The molecule has 7 heteroatoms. The van der Waals surface area contributed by atoms with Crippen LogP contribution in [-0.2, 0) is 9.59 Å².